The highest BCUT2D eigenvalue weighted by Crippen LogP contribution is 2.27. The van der Waals surface area contributed by atoms with E-state index in [1.165, 1.54) is 4.90 Å². The maximum absolute atomic E-state index is 12.7. The lowest BCUT2D eigenvalue weighted by atomic mass is 10.1. The SMILES string of the molecule is Cl.N=C(N=C(N)N)N1CCC(F)(F)CC1. The summed E-state index contributed by atoms with van der Waals surface area (Å²) in [6, 6.07) is 0. The molecule has 0 radical (unpaired) electrons. The summed E-state index contributed by atoms with van der Waals surface area (Å²) < 4.78 is 25.4. The van der Waals surface area contributed by atoms with Gasteiger partial charge in [0.2, 0.25) is 5.96 Å². The molecule has 0 amide bonds. The van der Waals surface area contributed by atoms with E-state index in [4.69, 9.17) is 16.9 Å². The summed E-state index contributed by atoms with van der Waals surface area (Å²) in [6.45, 7) is 0.227. The molecule has 0 saturated carbocycles. The van der Waals surface area contributed by atoms with Crippen molar-refractivity contribution in [1.29, 1.82) is 5.41 Å². The molecule has 1 rings (SSSR count). The zero-order valence-corrected chi connectivity index (χ0v) is 8.86. The lowest BCUT2D eigenvalue weighted by Crippen LogP contribution is -2.42. The maximum atomic E-state index is 12.7. The highest BCUT2D eigenvalue weighted by Gasteiger charge is 2.34. The number of nitrogens with one attached hydrogen (secondary N) is 1. The second kappa shape index (κ2) is 5.11. The highest BCUT2D eigenvalue weighted by molar-refractivity contribution is 5.91. The van der Waals surface area contributed by atoms with Gasteiger partial charge in [-0.1, -0.05) is 0 Å². The van der Waals surface area contributed by atoms with Crippen molar-refractivity contribution >= 4 is 24.3 Å². The fraction of sp³-hybridized carbons (Fsp3) is 0.714. The Morgan fingerprint density at radius 1 is 1.27 bits per heavy atom. The van der Waals surface area contributed by atoms with E-state index in [-0.39, 0.29) is 50.3 Å². The summed E-state index contributed by atoms with van der Waals surface area (Å²) in [5.74, 6) is -3.00. The van der Waals surface area contributed by atoms with Crippen LogP contribution in [-0.4, -0.2) is 35.8 Å². The molecule has 1 saturated heterocycles. The van der Waals surface area contributed by atoms with Gasteiger partial charge in [-0.25, -0.2) is 8.78 Å². The fourth-order valence-corrected chi connectivity index (χ4v) is 1.24. The molecule has 0 aliphatic carbocycles. The van der Waals surface area contributed by atoms with E-state index in [9.17, 15) is 8.78 Å². The molecular formula is C7H14ClF2N5. The van der Waals surface area contributed by atoms with Gasteiger partial charge in [0.1, 0.15) is 0 Å². The number of halogens is 3. The third kappa shape index (κ3) is 4.28. The zero-order chi connectivity index (χ0) is 10.8. The summed E-state index contributed by atoms with van der Waals surface area (Å²) in [7, 11) is 0. The lowest BCUT2D eigenvalue weighted by Gasteiger charge is -2.31. The molecule has 0 unspecified atom stereocenters. The molecule has 5 N–H and O–H groups in total. The number of rotatable bonds is 0. The van der Waals surface area contributed by atoms with Crippen molar-refractivity contribution in [3.05, 3.63) is 0 Å². The summed E-state index contributed by atoms with van der Waals surface area (Å²) >= 11 is 0. The van der Waals surface area contributed by atoms with Crippen molar-refractivity contribution in [1.82, 2.24) is 4.90 Å². The molecule has 88 valence electrons. The highest BCUT2D eigenvalue weighted by atomic mass is 35.5. The molecule has 1 heterocycles. The first-order valence-electron chi connectivity index (χ1n) is 4.22. The number of likely N-dealkylation sites (tertiary alicyclic amines) is 1. The monoisotopic (exact) mass is 241 g/mol. The van der Waals surface area contributed by atoms with E-state index >= 15 is 0 Å². The Kier molecular flexibility index (Phi) is 4.73. The van der Waals surface area contributed by atoms with E-state index in [2.05, 4.69) is 4.99 Å². The van der Waals surface area contributed by atoms with E-state index < -0.39 is 5.92 Å². The fourth-order valence-electron chi connectivity index (χ4n) is 1.24. The Morgan fingerprint density at radius 3 is 2.13 bits per heavy atom. The predicted octanol–water partition coefficient (Wildman–Crippen LogP) is 0.347. The van der Waals surface area contributed by atoms with Crippen LogP contribution < -0.4 is 11.5 Å². The molecular weight excluding hydrogens is 228 g/mol. The Hall–Kier alpha value is -1.11. The van der Waals surface area contributed by atoms with Crippen LogP contribution in [0, 0.1) is 5.41 Å². The van der Waals surface area contributed by atoms with Crippen LogP contribution in [0.4, 0.5) is 8.78 Å². The topological polar surface area (TPSA) is 91.5 Å². The van der Waals surface area contributed by atoms with Gasteiger partial charge in [0.15, 0.2) is 5.96 Å². The van der Waals surface area contributed by atoms with Gasteiger partial charge < -0.3 is 16.4 Å². The van der Waals surface area contributed by atoms with E-state index in [1.807, 2.05) is 0 Å². The van der Waals surface area contributed by atoms with Crippen molar-refractivity contribution in [2.24, 2.45) is 16.5 Å². The number of nitrogens with two attached hydrogens (primary N) is 2. The van der Waals surface area contributed by atoms with Gasteiger partial charge in [-0.3, -0.25) is 5.41 Å². The summed E-state index contributed by atoms with van der Waals surface area (Å²) in [5, 5.41) is 7.38. The largest absolute Gasteiger partial charge is 0.370 e. The number of hydrogen-bond acceptors (Lipinski definition) is 1. The molecule has 1 aliphatic rings. The molecule has 0 atom stereocenters. The number of piperidine rings is 1. The third-order valence-electron chi connectivity index (χ3n) is 2.03. The van der Waals surface area contributed by atoms with E-state index in [1.54, 1.807) is 0 Å². The van der Waals surface area contributed by atoms with E-state index in [0.29, 0.717) is 0 Å². The normalized spacial score (nSPS) is 18.9. The molecule has 0 bridgehead atoms. The average Bonchev–Trinajstić information content (AvgIpc) is 2.02. The molecule has 8 heteroatoms. The molecule has 1 aliphatic heterocycles. The molecule has 1 fully saturated rings. The van der Waals surface area contributed by atoms with Gasteiger partial charge in [-0.05, 0) is 0 Å². The van der Waals surface area contributed by atoms with Gasteiger partial charge in [0.05, 0.1) is 0 Å². The molecule has 0 aromatic heterocycles. The Labute approximate surface area is 92.4 Å². The van der Waals surface area contributed by atoms with Crippen LogP contribution in [-0.2, 0) is 0 Å². The van der Waals surface area contributed by atoms with Crippen LogP contribution in [0.15, 0.2) is 4.99 Å². The van der Waals surface area contributed by atoms with E-state index in [0.717, 1.165) is 0 Å². The van der Waals surface area contributed by atoms with Crippen molar-refractivity contribution in [3.8, 4) is 0 Å². The van der Waals surface area contributed by atoms with Gasteiger partial charge in [-0.2, -0.15) is 4.99 Å². The van der Waals surface area contributed by atoms with Crippen molar-refractivity contribution < 1.29 is 8.78 Å². The standard InChI is InChI=1S/C7H13F2N5.ClH/c8-7(9)1-3-14(4-2-7)6(12)13-5(10)11;/h1-4H2,(H5,10,11,12,13);1H. The number of aliphatic imine (C=N–C) groups is 1. The maximum Gasteiger partial charge on any atom is 0.251 e. The Morgan fingerprint density at radius 2 is 1.73 bits per heavy atom. The summed E-state index contributed by atoms with van der Waals surface area (Å²) in [6.07, 6.45) is -0.509. The first kappa shape index (κ1) is 13.9. The first-order valence-corrected chi connectivity index (χ1v) is 4.22. The number of alkyl halides is 2. The van der Waals surface area contributed by atoms with Gasteiger partial charge in [0, 0.05) is 25.9 Å². The quantitative estimate of drug-likeness (QED) is 0.422. The average molecular weight is 242 g/mol. The third-order valence-corrected chi connectivity index (χ3v) is 2.03. The minimum absolute atomic E-state index is 0. The van der Waals surface area contributed by atoms with Crippen LogP contribution in [0.2, 0.25) is 0 Å². The minimum Gasteiger partial charge on any atom is -0.370 e. The van der Waals surface area contributed by atoms with Crippen LogP contribution in [0.5, 0.6) is 0 Å². The molecule has 0 spiro atoms. The van der Waals surface area contributed by atoms with Crippen molar-refractivity contribution in [3.63, 3.8) is 0 Å². The second-order valence-electron chi connectivity index (χ2n) is 3.20. The number of guanidine groups is 2. The number of nitrogens with zero attached hydrogens (tertiary/aromatic N) is 2. The smallest absolute Gasteiger partial charge is 0.251 e. The Balaban J connectivity index is 0.00000196. The summed E-state index contributed by atoms with van der Waals surface area (Å²) in [5.41, 5.74) is 10.1. The van der Waals surface area contributed by atoms with Gasteiger partial charge >= 0.3 is 0 Å². The van der Waals surface area contributed by atoms with Crippen molar-refractivity contribution in [2.75, 3.05) is 13.1 Å². The molecule has 15 heavy (non-hydrogen) atoms. The lowest BCUT2D eigenvalue weighted by molar-refractivity contribution is -0.0436. The molecule has 5 nitrogen and oxygen atoms in total. The van der Waals surface area contributed by atoms with Gasteiger partial charge in [-0.15, -0.1) is 12.4 Å². The van der Waals surface area contributed by atoms with Crippen LogP contribution in [0.25, 0.3) is 0 Å². The molecule has 0 aromatic carbocycles. The van der Waals surface area contributed by atoms with Gasteiger partial charge in [0.25, 0.3) is 5.92 Å². The molecule has 0 aromatic rings. The first-order chi connectivity index (χ1) is 6.41. The minimum atomic E-state index is -2.62. The zero-order valence-electron chi connectivity index (χ0n) is 8.04. The Bertz CT molecular complexity index is 254. The number of hydrogen-bond donors (Lipinski definition) is 3. The van der Waals surface area contributed by atoms with Crippen LogP contribution >= 0.6 is 12.4 Å². The summed E-state index contributed by atoms with van der Waals surface area (Å²) in [4.78, 5) is 4.91. The predicted molar refractivity (Wildman–Crippen MR) is 56.5 cm³/mol. The van der Waals surface area contributed by atoms with Crippen LogP contribution in [0.1, 0.15) is 12.8 Å². The van der Waals surface area contributed by atoms with Crippen LogP contribution in [0.3, 0.4) is 0 Å². The van der Waals surface area contributed by atoms with Crippen molar-refractivity contribution in [2.45, 2.75) is 18.8 Å². The second-order valence-corrected chi connectivity index (χ2v) is 3.20.